The average molecular weight is 634 g/mol. The summed E-state index contributed by atoms with van der Waals surface area (Å²) >= 11 is 0. The zero-order chi connectivity index (χ0) is 32.2. The fourth-order valence-corrected chi connectivity index (χ4v) is 6.84. The van der Waals surface area contributed by atoms with E-state index in [4.69, 9.17) is 9.47 Å². The van der Waals surface area contributed by atoms with E-state index in [1.54, 1.807) is 55.5 Å². The van der Waals surface area contributed by atoms with Crippen LogP contribution in [0, 0.1) is 0 Å². The Bertz CT molecular complexity index is 1570. The first-order valence-corrected chi connectivity index (χ1v) is 17.5. The number of fused-ring (bicyclic) bond motifs is 3. The molecule has 9 heteroatoms. The lowest BCUT2D eigenvalue weighted by atomic mass is 10.0. The van der Waals surface area contributed by atoms with E-state index in [0.717, 1.165) is 24.8 Å². The molecule has 240 valence electrons. The number of carbonyl (C=O) groups is 3. The van der Waals surface area contributed by atoms with Gasteiger partial charge in [-0.2, -0.15) is 4.72 Å². The fourth-order valence-electron chi connectivity index (χ4n) is 5.63. The van der Waals surface area contributed by atoms with Gasteiger partial charge in [-0.3, -0.25) is 14.4 Å². The number of rotatable bonds is 18. The smallest absolute Gasteiger partial charge is 0.328 e. The molecule has 0 fully saturated rings. The van der Waals surface area contributed by atoms with Crippen molar-refractivity contribution in [3.8, 4) is 11.1 Å². The molecule has 3 aromatic rings. The molecule has 3 aromatic carbocycles. The van der Waals surface area contributed by atoms with Crippen LogP contribution < -0.4 is 4.72 Å². The molecule has 0 aromatic heterocycles. The first kappa shape index (κ1) is 34.1. The number of unbranched alkanes of at least 4 members (excludes halogenated alkanes) is 8. The molecule has 0 heterocycles. The minimum atomic E-state index is -4.37. The highest BCUT2D eigenvalue weighted by Gasteiger charge is 2.38. The van der Waals surface area contributed by atoms with Crippen molar-refractivity contribution in [2.75, 3.05) is 6.61 Å². The van der Waals surface area contributed by atoms with Gasteiger partial charge in [-0.25, -0.2) is 8.42 Å². The lowest BCUT2D eigenvalue weighted by molar-refractivity contribution is -0.158. The molecule has 8 nitrogen and oxygen atoms in total. The monoisotopic (exact) mass is 633 g/mol. The third-order valence-corrected chi connectivity index (χ3v) is 9.44. The molecule has 0 amide bonds. The van der Waals surface area contributed by atoms with Gasteiger partial charge in [0.25, 0.3) is 0 Å². The molecule has 2 atom stereocenters. The van der Waals surface area contributed by atoms with Gasteiger partial charge >= 0.3 is 11.9 Å². The van der Waals surface area contributed by atoms with E-state index >= 15 is 0 Å². The van der Waals surface area contributed by atoms with Gasteiger partial charge in [0.15, 0.2) is 17.9 Å². The van der Waals surface area contributed by atoms with Crippen LogP contribution >= 0.6 is 0 Å². The molecule has 4 rings (SSSR count). The Hall–Kier alpha value is -3.82. The topological polar surface area (TPSA) is 116 Å². The molecular weight excluding hydrogens is 590 g/mol. The first-order chi connectivity index (χ1) is 21.8. The SMILES string of the molecule is CCCCCCCCCCCC(=O)OC(c1ccccc1)C(NS(=O)(=O)c1ccc2c(c1)C(=O)c1ccccc1-2)C(=O)OCC. The summed E-state index contributed by atoms with van der Waals surface area (Å²) in [5, 5.41) is 0. The minimum Gasteiger partial charge on any atom is -0.465 e. The number of esters is 2. The molecule has 0 bridgehead atoms. The van der Waals surface area contributed by atoms with Crippen LogP contribution in [-0.4, -0.2) is 38.8 Å². The average Bonchev–Trinajstić information content (AvgIpc) is 3.33. The van der Waals surface area contributed by atoms with Crippen molar-refractivity contribution in [2.24, 2.45) is 0 Å². The van der Waals surface area contributed by atoms with E-state index in [9.17, 15) is 22.8 Å². The van der Waals surface area contributed by atoms with Crippen LogP contribution in [-0.2, 0) is 29.1 Å². The highest BCUT2D eigenvalue weighted by Crippen LogP contribution is 2.37. The van der Waals surface area contributed by atoms with Crippen molar-refractivity contribution in [3.05, 3.63) is 89.5 Å². The number of ether oxygens (including phenoxy) is 2. The van der Waals surface area contributed by atoms with Crippen LogP contribution in [0.1, 0.15) is 106 Å². The van der Waals surface area contributed by atoms with E-state index in [1.165, 1.54) is 44.2 Å². The van der Waals surface area contributed by atoms with Gasteiger partial charge in [-0.15, -0.1) is 0 Å². The summed E-state index contributed by atoms with van der Waals surface area (Å²) in [6, 6.07) is 18.4. The number of hydrogen-bond donors (Lipinski definition) is 1. The number of hydrogen-bond acceptors (Lipinski definition) is 7. The van der Waals surface area contributed by atoms with Gasteiger partial charge < -0.3 is 9.47 Å². The van der Waals surface area contributed by atoms with Crippen LogP contribution in [0.5, 0.6) is 0 Å². The minimum absolute atomic E-state index is 0.00341. The highest BCUT2D eigenvalue weighted by atomic mass is 32.2. The second kappa shape index (κ2) is 16.5. The summed E-state index contributed by atoms with van der Waals surface area (Å²) in [6.07, 6.45) is 8.70. The van der Waals surface area contributed by atoms with Crippen LogP contribution in [0.3, 0.4) is 0 Å². The highest BCUT2D eigenvalue weighted by molar-refractivity contribution is 7.89. The summed E-state index contributed by atoms with van der Waals surface area (Å²) in [5.74, 6) is -1.68. The Morgan fingerprint density at radius 3 is 2.00 bits per heavy atom. The van der Waals surface area contributed by atoms with Gasteiger partial charge in [-0.1, -0.05) is 119 Å². The second-order valence-electron chi connectivity index (χ2n) is 11.3. The molecule has 45 heavy (non-hydrogen) atoms. The van der Waals surface area contributed by atoms with Gasteiger partial charge in [-0.05, 0) is 42.2 Å². The molecule has 1 aliphatic carbocycles. The van der Waals surface area contributed by atoms with E-state index in [0.29, 0.717) is 23.1 Å². The van der Waals surface area contributed by atoms with Crippen LogP contribution in [0.15, 0.2) is 77.7 Å². The lowest BCUT2D eigenvalue weighted by Crippen LogP contribution is -2.47. The van der Waals surface area contributed by atoms with Crippen molar-refractivity contribution in [2.45, 2.75) is 95.1 Å². The molecule has 2 unspecified atom stereocenters. The Kier molecular flexibility index (Phi) is 12.5. The van der Waals surface area contributed by atoms with Crippen LogP contribution in [0.4, 0.5) is 0 Å². The van der Waals surface area contributed by atoms with Gasteiger partial charge in [0, 0.05) is 17.5 Å². The normalized spacial score (nSPS) is 13.5. The predicted octanol–water partition coefficient (Wildman–Crippen LogP) is 7.31. The predicted molar refractivity (Wildman–Crippen MR) is 173 cm³/mol. The van der Waals surface area contributed by atoms with E-state index in [-0.39, 0.29) is 29.3 Å². The fraction of sp³-hybridized carbons (Fsp3) is 0.417. The molecule has 0 radical (unpaired) electrons. The number of nitrogens with one attached hydrogen (secondary N) is 1. The largest absolute Gasteiger partial charge is 0.465 e. The standard InChI is InChI=1S/C36H43NO7S/c1-3-5-6-7-8-9-10-11-15-22-32(38)44-35(26-18-13-12-14-19-26)33(36(40)43-4-2)37-45(41,42)27-23-24-29-28-20-16-17-21-30(28)34(39)31(29)25-27/h12-14,16-21,23-25,33,35,37H,3-11,15,22H2,1-2H3. The Balaban J connectivity index is 1.50. The van der Waals surface area contributed by atoms with Gasteiger partial charge in [0.1, 0.15) is 0 Å². The quantitative estimate of drug-likeness (QED) is 0.0902. The summed E-state index contributed by atoms with van der Waals surface area (Å²) in [6.45, 7) is 3.80. The molecule has 1 N–H and O–H groups in total. The van der Waals surface area contributed by atoms with Crippen molar-refractivity contribution in [1.82, 2.24) is 4.72 Å². The lowest BCUT2D eigenvalue weighted by Gasteiger charge is -2.27. The number of sulfonamides is 1. The summed E-state index contributed by atoms with van der Waals surface area (Å²) in [4.78, 5) is 39.2. The molecule has 1 aliphatic rings. The third-order valence-electron chi connectivity index (χ3n) is 8.00. The molecule has 0 saturated heterocycles. The van der Waals surface area contributed by atoms with Crippen LogP contribution in [0.2, 0.25) is 0 Å². The Labute approximate surface area is 266 Å². The maximum atomic E-state index is 13.7. The Morgan fingerprint density at radius 2 is 1.33 bits per heavy atom. The number of carbonyl (C=O) groups excluding carboxylic acids is 3. The maximum Gasteiger partial charge on any atom is 0.328 e. The summed E-state index contributed by atoms with van der Waals surface area (Å²) < 4.78 is 41.0. The first-order valence-electron chi connectivity index (χ1n) is 16.0. The molecule has 0 spiro atoms. The molecule has 0 aliphatic heterocycles. The zero-order valence-corrected chi connectivity index (χ0v) is 26.9. The van der Waals surface area contributed by atoms with E-state index in [1.807, 2.05) is 12.1 Å². The molecular formula is C36H43NO7S. The second-order valence-corrected chi connectivity index (χ2v) is 13.0. The summed E-state index contributed by atoms with van der Waals surface area (Å²) in [7, 11) is -4.37. The van der Waals surface area contributed by atoms with Crippen molar-refractivity contribution in [3.63, 3.8) is 0 Å². The summed E-state index contributed by atoms with van der Waals surface area (Å²) in [5.41, 5.74) is 2.59. The number of benzene rings is 3. The maximum absolute atomic E-state index is 13.7. The third kappa shape index (κ3) is 8.89. The van der Waals surface area contributed by atoms with Crippen molar-refractivity contribution >= 4 is 27.7 Å². The van der Waals surface area contributed by atoms with Gasteiger partial charge in [0.2, 0.25) is 10.0 Å². The van der Waals surface area contributed by atoms with E-state index in [2.05, 4.69) is 11.6 Å². The van der Waals surface area contributed by atoms with Crippen LogP contribution in [0.25, 0.3) is 11.1 Å². The van der Waals surface area contributed by atoms with E-state index < -0.39 is 34.1 Å². The van der Waals surface area contributed by atoms with Gasteiger partial charge in [0.05, 0.1) is 11.5 Å². The zero-order valence-electron chi connectivity index (χ0n) is 26.1. The number of ketones is 1. The Morgan fingerprint density at radius 1 is 0.733 bits per heavy atom. The molecule has 0 saturated carbocycles. The van der Waals surface area contributed by atoms with Crippen molar-refractivity contribution < 1.29 is 32.3 Å². The van der Waals surface area contributed by atoms with Crippen molar-refractivity contribution in [1.29, 1.82) is 0 Å².